The first-order valence-corrected chi connectivity index (χ1v) is 28.0. The van der Waals surface area contributed by atoms with Crippen LogP contribution in [0.1, 0.15) is 182 Å². The van der Waals surface area contributed by atoms with Gasteiger partial charge in [-0.15, -0.1) is 0 Å². The predicted octanol–water partition coefficient (Wildman–Crippen LogP) is 11.2. The smallest absolute Gasteiger partial charge is 0.410 e. The Labute approximate surface area is 388 Å². The molecule has 0 aromatic rings. The van der Waals surface area contributed by atoms with Crippen LogP contribution in [-0.2, 0) is 28.5 Å². The molecular weight excluding hydrogens is 823 g/mol. The Kier molecular flexibility index (Phi) is 41.4. The number of amides is 1. The number of piperazine rings is 1. The van der Waals surface area contributed by atoms with Gasteiger partial charge in [0.1, 0.15) is 19.8 Å². The van der Waals surface area contributed by atoms with Crippen LogP contribution in [0.2, 0.25) is 0 Å². The number of nitrogens with zero attached hydrogens (tertiary/aromatic N) is 3. The van der Waals surface area contributed by atoms with Crippen LogP contribution in [0, 0.1) is 11.8 Å². The first kappa shape index (κ1) is 58.8. The van der Waals surface area contributed by atoms with E-state index in [9.17, 15) is 14.4 Å². The number of β-amino-alcohol motifs (C(OH)–C–C–N with tert-alkyl or cyclic N) is 1. The van der Waals surface area contributed by atoms with E-state index in [1.54, 1.807) is 21.6 Å². The number of carbonyl (C=O) groups is 3. The van der Waals surface area contributed by atoms with Gasteiger partial charge in [-0.05, 0) is 25.7 Å². The second-order valence-electron chi connectivity index (χ2n) is 17.3. The standard InChI is InChI=1S/C49H95N3O8S2/c1-5-9-13-17-19-23-27-45(25-21-15-11-7-3)47(54)58-39-35-52(36-40-59-48(55)46(26-22-16-12-8-4)28-24-20-18-14-10-6-2)49(56)60-42-44-62-61-43-41-57-38-34-51-31-29-50(30-32-51)33-37-53/h45-46,53H,5-44H2,1-4H3. The van der Waals surface area contributed by atoms with E-state index < -0.39 is 6.09 Å². The average Bonchev–Trinajstić information content (AvgIpc) is 3.27. The molecule has 2 unspecified atom stereocenters. The number of esters is 2. The molecule has 1 N–H and O–H groups in total. The summed E-state index contributed by atoms with van der Waals surface area (Å²) in [6.07, 6.45) is 26.2. The molecule has 1 heterocycles. The molecular formula is C49H95N3O8S2. The van der Waals surface area contributed by atoms with Crippen molar-refractivity contribution >= 4 is 39.6 Å². The summed E-state index contributed by atoms with van der Waals surface area (Å²) in [5, 5.41) is 9.14. The van der Waals surface area contributed by atoms with Crippen LogP contribution < -0.4 is 0 Å². The van der Waals surface area contributed by atoms with Crippen molar-refractivity contribution < 1.29 is 38.4 Å². The van der Waals surface area contributed by atoms with Crippen molar-refractivity contribution in [1.82, 2.24) is 14.7 Å². The van der Waals surface area contributed by atoms with Gasteiger partial charge in [0.05, 0.1) is 44.7 Å². The van der Waals surface area contributed by atoms with Gasteiger partial charge in [-0.2, -0.15) is 0 Å². The fourth-order valence-electron chi connectivity index (χ4n) is 7.92. The molecule has 1 fully saturated rings. The van der Waals surface area contributed by atoms with E-state index in [1.165, 1.54) is 69.1 Å². The van der Waals surface area contributed by atoms with Gasteiger partial charge >= 0.3 is 18.0 Å². The monoisotopic (exact) mass is 918 g/mol. The number of aliphatic hydroxyl groups is 1. The molecule has 0 spiro atoms. The Bertz CT molecular complexity index is 989. The number of hydrogen-bond acceptors (Lipinski definition) is 12. The summed E-state index contributed by atoms with van der Waals surface area (Å²) in [4.78, 5) is 46.5. The summed E-state index contributed by atoms with van der Waals surface area (Å²) >= 11 is 0. The summed E-state index contributed by atoms with van der Waals surface area (Å²) in [5.41, 5.74) is 0. The summed E-state index contributed by atoms with van der Waals surface area (Å²) in [5.74, 6) is 0.943. The Morgan fingerprint density at radius 1 is 0.500 bits per heavy atom. The van der Waals surface area contributed by atoms with Crippen molar-refractivity contribution in [2.75, 3.05) is 104 Å². The first-order valence-electron chi connectivity index (χ1n) is 25.5. The number of unbranched alkanes of at least 4 members (excludes halogenated alkanes) is 16. The van der Waals surface area contributed by atoms with Crippen molar-refractivity contribution in [3.8, 4) is 0 Å². The lowest BCUT2D eigenvalue weighted by molar-refractivity contribution is -0.149. The molecule has 1 amide bonds. The summed E-state index contributed by atoms with van der Waals surface area (Å²) in [7, 11) is 3.36. The molecule has 1 rings (SSSR count). The maximum absolute atomic E-state index is 13.4. The van der Waals surface area contributed by atoms with E-state index in [0.29, 0.717) is 19.0 Å². The van der Waals surface area contributed by atoms with Crippen LogP contribution in [0.3, 0.4) is 0 Å². The van der Waals surface area contributed by atoms with Gasteiger partial charge in [0.2, 0.25) is 0 Å². The zero-order valence-corrected chi connectivity index (χ0v) is 42.0. The second kappa shape index (κ2) is 43.6. The predicted molar refractivity (Wildman–Crippen MR) is 261 cm³/mol. The fraction of sp³-hybridized carbons (Fsp3) is 0.939. The lowest BCUT2D eigenvalue weighted by Gasteiger charge is -2.34. The van der Waals surface area contributed by atoms with Gasteiger partial charge in [-0.3, -0.25) is 19.4 Å². The normalized spacial score (nSPS) is 14.5. The third-order valence-electron chi connectivity index (χ3n) is 12.0. The molecule has 11 nitrogen and oxygen atoms in total. The van der Waals surface area contributed by atoms with Gasteiger partial charge in [0.25, 0.3) is 0 Å². The minimum atomic E-state index is -0.477. The number of carbonyl (C=O) groups excluding carboxylic acids is 3. The van der Waals surface area contributed by atoms with Gasteiger partial charge in [0, 0.05) is 50.8 Å². The zero-order chi connectivity index (χ0) is 45.1. The lowest BCUT2D eigenvalue weighted by Crippen LogP contribution is -2.47. The number of aliphatic hydroxyl groups excluding tert-OH is 1. The maximum Gasteiger partial charge on any atom is 0.410 e. The van der Waals surface area contributed by atoms with Crippen LogP contribution >= 0.6 is 21.6 Å². The molecule has 0 bridgehead atoms. The van der Waals surface area contributed by atoms with Crippen molar-refractivity contribution in [3.05, 3.63) is 0 Å². The van der Waals surface area contributed by atoms with Crippen LogP contribution in [0.15, 0.2) is 0 Å². The van der Waals surface area contributed by atoms with E-state index in [1.807, 2.05) is 0 Å². The van der Waals surface area contributed by atoms with E-state index in [4.69, 9.17) is 24.1 Å². The number of hydrogen-bond donors (Lipinski definition) is 1. The molecule has 0 aliphatic carbocycles. The molecule has 1 saturated heterocycles. The molecule has 62 heavy (non-hydrogen) atoms. The molecule has 0 aromatic heterocycles. The van der Waals surface area contributed by atoms with Crippen LogP contribution in [-0.4, -0.2) is 141 Å². The molecule has 0 aromatic carbocycles. The third-order valence-corrected chi connectivity index (χ3v) is 14.3. The minimum absolute atomic E-state index is 0.0897. The van der Waals surface area contributed by atoms with Crippen molar-refractivity contribution in [2.24, 2.45) is 11.8 Å². The maximum atomic E-state index is 13.4. The van der Waals surface area contributed by atoms with E-state index in [0.717, 1.165) is 135 Å². The summed E-state index contributed by atoms with van der Waals surface area (Å²) in [6.45, 7) is 17.0. The molecule has 1 aliphatic rings. The summed E-state index contributed by atoms with van der Waals surface area (Å²) in [6, 6.07) is 0. The highest BCUT2D eigenvalue weighted by atomic mass is 33.1. The molecule has 0 radical (unpaired) electrons. The number of ether oxygens (including phenoxy) is 4. The van der Waals surface area contributed by atoms with Crippen LogP contribution in [0.4, 0.5) is 4.79 Å². The summed E-state index contributed by atoms with van der Waals surface area (Å²) < 4.78 is 23.3. The van der Waals surface area contributed by atoms with Crippen molar-refractivity contribution in [1.29, 1.82) is 0 Å². The van der Waals surface area contributed by atoms with Gasteiger partial charge < -0.3 is 29.0 Å². The molecule has 2 atom stereocenters. The average molecular weight is 918 g/mol. The Morgan fingerprint density at radius 3 is 1.32 bits per heavy atom. The SMILES string of the molecule is CCCCCCCCC(CCCCCC)C(=O)OCCN(CCOC(=O)C(CCCCCC)CCCCCCCC)C(=O)OCCSSCCOCCN1CCN(CCO)CC1. The topological polar surface area (TPSA) is 118 Å². The van der Waals surface area contributed by atoms with Gasteiger partial charge in [-0.1, -0.05) is 178 Å². The van der Waals surface area contributed by atoms with Gasteiger partial charge in [-0.25, -0.2) is 4.79 Å². The Hall–Kier alpha value is -1.25. The highest BCUT2D eigenvalue weighted by Gasteiger charge is 2.23. The lowest BCUT2D eigenvalue weighted by atomic mass is 9.94. The molecule has 1 aliphatic heterocycles. The van der Waals surface area contributed by atoms with Crippen LogP contribution in [0.5, 0.6) is 0 Å². The Morgan fingerprint density at radius 2 is 0.887 bits per heavy atom. The molecule has 0 saturated carbocycles. The van der Waals surface area contributed by atoms with E-state index >= 15 is 0 Å². The Balaban J connectivity index is 2.67. The molecule has 13 heteroatoms. The quantitative estimate of drug-likeness (QED) is 0.0271. The van der Waals surface area contributed by atoms with Crippen LogP contribution in [0.25, 0.3) is 0 Å². The second-order valence-corrected chi connectivity index (χ2v) is 20.0. The minimum Gasteiger partial charge on any atom is -0.464 e. The first-order chi connectivity index (χ1) is 30.4. The van der Waals surface area contributed by atoms with Crippen molar-refractivity contribution in [2.45, 2.75) is 182 Å². The van der Waals surface area contributed by atoms with Gasteiger partial charge in [0.15, 0.2) is 0 Å². The third kappa shape index (κ3) is 33.3. The van der Waals surface area contributed by atoms with E-state index in [2.05, 4.69) is 37.5 Å². The van der Waals surface area contributed by atoms with E-state index in [-0.39, 0.29) is 63.3 Å². The fourth-order valence-corrected chi connectivity index (χ4v) is 9.61. The largest absolute Gasteiger partial charge is 0.464 e. The number of rotatable bonds is 44. The highest BCUT2D eigenvalue weighted by Crippen LogP contribution is 2.23. The molecule has 366 valence electrons. The highest BCUT2D eigenvalue weighted by molar-refractivity contribution is 8.76. The van der Waals surface area contributed by atoms with Crippen molar-refractivity contribution in [3.63, 3.8) is 0 Å². The zero-order valence-electron chi connectivity index (χ0n) is 40.4.